The second-order valence-electron chi connectivity index (χ2n) is 5.42. The summed E-state index contributed by atoms with van der Waals surface area (Å²) < 4.78 is 0. The minimum absolute atomic E-state index is 0.0173. The summed E-state index contributed by atoms with van der Waals surface area (Å²) >= 11 is 0. The molecular formula is C14H29N3O. The van der Waals surface area contributed by atoms with Crippen molar-refractivity contribution in [1.82, 2.24) is 15.5 Å². The van der Waals surface area contributed by atoms with Crippen LogP contribution in [0.3, 0.4) is 0 Å². The zero-order valence-corrected chi connectivity index (χ0v) is 12.3. The lowest BCUT2D eigenvalue weighted by atomic mass is 10.1. The number of hydrogen-bond acceptors (Lipinski definition) is 3. The van der Waals surface area contributed by atoms with E-state index in [0.717, 1.165) is 38.9 Å². The van der Waals surface area contributed by atoms with E-state index >= 15 is 0 Å². The predicted octanol–water partition coefficient (Wildman–Crippen LogP) is 1.36. The number of amides is 1. The Kier molecular flexibility index (Phi) is 6.65. The molecular weight excluding hydrogens is 226 g/mol. The molecule has 0 spiro atoms. The Morgan fingerprint density at radius 2 is 2.00 bits per heavy atom. The highest BCUT2D eigenvalue weighted by Crippen LogP contribution is 2.11. The number of carbonyl (C=O) groups is 1. The lowest BCUT2D eigenvalue weighted by Gasteiger charge is -2.41. The van der Waals surface area contributed by atoms with E-state index in [1.807, 2.05) is 6.92 Å². The average molecular weight is 255 g/mol. The van der Waals surface area contributed by atoms with Gasteiger partial charge in [0.1, 0.15) is 0 Å². The van der Waals surface area contributed by atoms with Gasteiger partial charge in [0.25, 0.3) is 0 Å². The van der Waals surface area contributed by atoms with E-state index in [9.17, 15) is 4.79 Å². The molecule has 106 valence electrons. The van der Waals surface area contributed by atoms with E-state index in [0.29, 0.717) is 6.04 Å². The third-order valence-corrected chi connectivity index (χ3v) is 3.70. The molecule has 0 aromatic rings. The molecule has 1 saturated heterocycles. The molecule has 0 bridgehead atoms. The first-order chi connectivity index (χ1) is 8.60. The van der Waals surface area contributed by atoms with Crippen molar-refractivity contribution in [3.63, 3.8) is 0 Å². The van der Waals surface area contributed by atoms with Gasteiger partial charge in [0.05, 0.1) is 6.04 Å². The number of hydrogen-bond donors (Lipinski definition) is 2. The van der Waals surface area contributed by atoms with E-state index in [2.05, 4.69) is 36.3 Å². The van der Waals surface area contributed by atoms with Crippen LogP contribution >= 0.6 is 0 Å². The highest BCUT2D eigenvalue weighted by molar-refractivity contribution is 5.81. The van der Waals surface area contributed by atoms with Crippen LogP contribution in [0.4, 0.5) is 0 Å². The summed E-state index contributed by atoms with van der Waals surface area (Å²) in [5.74, 6) is 0.177. The maximum absolute atomic E-state index is 12.2. The molecule has 1 aliphatic rings. The Morgan fingerprint density at radius 3 is 2.44 bits per heavy atom. The zero-order chi connectivity index (χ0) is 13.5. The lowest BCUT2D eigenvalue weighted by Crippen LogP contribution is -2.62. The van der Waals surface area contributed by atoms with E-state index in [-0.39, 0.29) is 18.0 Å². The molecule has 0 saturated carbocycles. The van der Waals surface area contributed by atoms with Crippen LogP contribution in [-0.2, 0) is 4.79 Å². The van der Waals surface area contributed by atoms with E-state index in [1.165, 1.54) is 0 Å². The van der Waals surface area contributed by atoms with Crippen molar-refractivity contribution < 1.29 is 4.79 Å². The van der Waals surface area contributed by atoms with Crippen LogP contribution in [0.5, 0.6) is 0 Å². The van der Waals surface area contributed by atoms with Crippen molar-refractivity contribution in [2.75, 3.05) is 19.6 Å². The molecule has 4 nitrogen and oxygen atoms in total. The van der Waals surface area contributed by atoms with Crippen molar-refractivity contribution in [2.24, 2.45) is 0 Å². The molecule has 1 fully saturated rings. The maximum Gasteiger partial charge on any atom is 0.237 e. The number of nitrogens with one attached hydrogen (secondary N) is 2. The van der Waals surface area contributed by atoms with Crippen molar-refractivity contribution in [3.05, 3.63) is 0 Å². The summed E-state index contributed by atoms with van der Waals surface area (Å²) in [4.78, 5) is 14.6. The van der Waals surface area contributed by atoms with Crippen LogP contribution in [0.1, 0.15) is 47.0 Å². The number of carbonyl (C=O) groups excluding carboxylic acids is 1. The second kappa shape index (κ2) is 7.74. The highest BCUT2D eigenvalue weighted by atomic mass is 16.2. The predicted molar refractivity (Wildman–Crippen MR) is 75.6 cm³/mol. The van der Waals surface area contributed by atoms with Crippen molar-refractivity contribution in [3.8, 4) is 0 Å². The largest absolute Gasteiger partial charge is 0.352 e. The molecule has 0 radical (unpaired) electrons. The zero-order valence-electron chi connectivity index (χ0n) is 12.3. The molecule has 0 aliphatic carbocycles. The van der Waals surface area contributed by atoms with Crippen molar-refractivity contribution in [2.45, 2.75) is 65.1 Å². The van der Waals surface area contributed by atoms with E-state index in [1.54, 1.807) is 0 Å². The number of nitrogens with zero attached hydrogens (tertiary/aromatic N) is 1. The molecule has 2 N–H and O–H groups in total. The molecule has 0 aromatic carbocycles. The molecule has 1 aliphatic heterocycles. The Hall–Kier alpha value is -0.610. The van der Waals surface area contributed by atoms with Gasteiger partial charge in [0, 0.05) is 25.2 Å². The van der Waals surface area contributed by atoms with Gasteiger partial charge in [-0.3, -0.25) is 9.69 Å². The molecule has 2 unspecified atom stereocenters. The summed E-state index contributed by atoms with van der Waals surface area (Å²) in [6.45, 7) is 11.5. The first-order valence-corrected chi connectivity index (χ1v) is 7.36. The standard InChI is InChI=1S/C14H29N3O/c1-5-7-11(3)16-14(18)12(4)17(8-6-2)13-9-15-10-13/h11-13,15H,5-10H2,1-4H3,(H,16,18). The van der Waals surface area contributed by atoms with Gasteiger partial charge in [-0.05, 0) is 33.2 Å². The summed E-state index contributed by atoms with van der Waals surface area (Å²) in [6.07, 6.45) is 3.26. The van der Waals surface area contributed by atoms with Crippen LogP contribution in [-0.4, -0.2) is 48.6 Å². The molecule has 0 aromatic heterocycles. The Bertz CT molecular complexity index is 253. The van der Waals surface area contributed by atoms with Gasteiger partial charge in [0.15, 0.2) is 0 Å². The average Bonchev–Trinajstić information content (AvgIpc) is 2.25. The fraction of sp³-hybridized carbons (Fsp3) is 0.929. The monoisotopic (exact) mass is 255 g/mol. The smallest absolute Gasteiger partial charge is 0.237 e. The summed E-state index contributed by atoms with van der Waals surface area (Å²) in [5, 5.41) is 6.40. The minimum Gasteiger partial charge on any atom is -0.352 e. The van der Waals surface area contributed by atoms with Crippen LogP contribution in [0, 0.1) is 0 Å². The number of rotatable bonds is 8. The van der Waals surface area contributed by atoms with E-state index in [4.69, 9.17) is 0 Å². The Balaban J connectivity index is 2.47. The van der Waals surface area contributed by atoms with Gasteiger partial charge in [0.2, 0.25) is 5.91 Å². The molecule has 18 heavy (non-hydrogen) atoms. The first kappa shape index (κ1) is 15.4. The molecule has 1 amide bonds. The maximum atomic E-state index is 12.2. The van der Waals surface area contributed by atoms with Crippen molar-refractivity contribution in [1.29, 1.82) is 0 Å². The first-order valence-electron chi connectivity index (χ1n) is 7.36. The molecule has 2 atom stereocenters. The van der Waals surface area contributed by atoms with Crippen LogP contribution in [0.15, 0.2) is 0 Å². The normalized spacial score (nSPS) is 19.4. The van der Waals surface area contributed by atoms with Gasteiger partial charge >= 0.3 is 0 Å². The van der Waals surface area contributed by atoms with Crippen molar-refractivity contribution >= 4 is 5.91 Å². The summed E-state index contributed by atoms with van der Waals surface area (Å²) in [6, 6.07) is 0.802. The Morgan fingerprint density at radius 1 is 1.33 bits per heavy atom. The SMILES string of the molecule is CCCC(C)NC(=O)C(C)N(CCC)C1CNC1. The fourth-order valence-electron chi connectivity index (χ4n) is 2.48. The molecule has 1 rings (SSSR count). The topological polar surface area (TPSA) is 44.4 Å². The summed E-state index contributed by atoms with van der Waals surface area (Å²) in [7, 11) is 0. The van der Waals surface area contributed by atoms with Crippen LogP contribution in [0.25, 0.3) is 0 Å². The summed E-state index contributed by atoms with van der Waals surface area (Å²) in [5.41, 5.74) is 0. The Labute approximate surface area is 111 Å². The van der Waals surface area contributed by atoms with Gasteiger partial charge < -0.3 is 10.6 Å². The quantitative estimate of drug-likeness (QED) is 0.688. The second-order valence-corrected chi connectivity index (χ2v) is 5.42. The van der Waals surface area contributed by atoms with E-state index < -0.39 is 0 Å². The third-order valence-electron chi connectivity index (χ3n) is 3.70. The third kappa shape index (κ3) is 4.25. The fourth-order valence-corrected chi connectivity index (χ4v) is 2.48. The minimum atomic E-state index is -0.0173. The van der Waals surface area contributed by atoms with Crippen LogP contribution < -0.4 is 10.6 Å². The lowest BCUT2D eigenvalue weighted by molar-refractivity contribution is -0.127. The van der Waals surface area contributed by atoms with Gasteiger partial charge in [-0.15, -0.1) is 0 Å². The van der Waals surface area contributed by atoms with Crippen LogP contribution in [0.2, 0.25) is 0 Å². The van der Waals surface area contributed by atoms with Gasteiger partial charge in [-0.25, -0.2) is 0 Å². The van der Waals surface area contributed by atoms with Gasteiger partial charge in [-0.1, -0.05) is 20.3 Å². The highest BCUT2D eigenvalue weighted by Gasteiger charge is 2.31. The van der Waals surface area contributed by atoms with Gasteiger partial charge in [-0.2, -0.15) is 0 Å². The molecule has 1 heterocycles. The molecule has 4 heteroatoms.